The molecule has 1 fully saturated rings. The molecule has 20 heavy (non-hydrogen) atoms. The number of nitrogens with zero attached hydrogens (tertiary/aromatic N) is 1. The van der Waals surface area contributed by atoms with Gasteiger partial charge in [0, 0.05) is 5.69 Å². The number of sulfone groups is 1. The molecule has 3 rings (SSSR count). The predicted octanol–water partition coefficient (Wildman–Crippen LogP) is 1.25. The highest BCUT2D eigenvalue weighted by Gasteiger charge is 2.33. The largest absolute Gasteiger partial charge is 0.399 e. The van der Waals surface area contributed by atoms with Gasteiger partial charge in [-0.25, -0.2) is 13.4 Å². The molecule has 1 saturated heterocycles. The molecule has 8 heteroatoms. The Balaban J connectivity index is 1.78. The molecule has 0 bridgehead atoms. The van der Waals surface area contributed by atoms with E-state index in [0.717, 1.165) is 10.2 Å². The molecule has 1 aromatic carbocycles. The quantitative estimate of drug-likeness (QED) is 0.813. The summed E-state index contributed by atoms with van der Waals surface area (Å²) in [6.07, 6.45) is 0.381. The molecule has 0 radical (unpaired) electrons. The molecule has 1 amide bonds. The van der Waals surface area contributed by atoms with Crippen molar-refractivity contribution in [2.45, 2.75) is 6.42 Å². The highest BCUT2D eigenvalue weighted by Crippen LogP contribution is 2.28. The Bertz CT molecular complexity index is 782. The first-order valence-electron chi connectivity index (χ1n) is 6.10. The summed E-state index contributed by atoms with van der Waals surface area (Å²) in [5.74, 6) is -0.742. The number of aromatic nitrogens is 1. The monoisotopic (exact) mass is 311 g/mol. The fraction of sp³-hybridized carbons (Fsp3) is 0.333. The van der Waals surface area contributed by atoms with E-state index in [2.05, 4.69) is 10.3 Å². The van der Waals surface area contributed by atoms with Gasteiger partial charge >= 0.3 is 0 Å². The summed E-state index contributed by atoms with van der Waals surface area (Å²) in [7, 11) is -3.06. The first kappa shape index (κ1) is 13.3. The van der Waals surface area contributed by atoms with E-state index in [0.29, 0.717) is 17.2 Å². The lowest BCUT2D eigenvalue weighted by atomic mass is 10.1. The molecule has 1 unspecified atom stereocenters. The van der Waals surface area contributed by atoms with E-state index in [1.165, 1.54) is 11.3 Å². The molecule has 3 N–H and O–H groups in total. The minimum absolute atomic E-state index is 0.0727. The van der Waals surface area contributed by atoms with Crippen molar-refractivity contribution < 1.29 is 13.2 Å². The van der Waals surface area contributed by atoms with E-state index >= 15 is 0 Å². The van der Waals surface area contributed by atoms with Gasteiger partial charge in [0.1, 0.15) is 0 Å². The average Bonchev–Trinajstić information content (AvgIpc) is 2.91. The fourth-order valence-corrected chi connectivity index (χ4v) is 4.86. The highest BCUT2D eigenvalue weighted by atomic mass is 32.2. The van der Waals surface area contributed by atoms with E-state index in [-0.39, 0.29) is 17.4 Å². The number of nitrogen functional groups attached to an aromatic ring is 1. The Morgan fingerprint density at radius 1 is 1.45 bits per heavy atom. The van der Waals surface area contributed by atoms with Crippen molar-refractivity contribution in [1.82, 2.24) is 4.98 Å². The minimum Gasteiger partial charge on any atom is -0.399 e. The smallest absolute Gasteiger partial charge is 0.230 e. The van der Waals surface area contributed by atoms with Crippen LogP contribution in [0, 0.1) is 5.92 Å². The van der Waals surface area contributed by atoms with Gasteiger partial charge in [0.15, 0.2) is 15.0 Å². The topological polar surface area (TPSA) is 102 Å². The molecule has 0 spiro atoms. The number of benzene rings is 1. The summed E-state index contributed by atoms with van der Waals surface area (Å²) >= 11 is 1.33. The van der Waals surface area contributed by atoms with Gasteiger partial charge in [-0.1, -0.05) is 11.3 Å². The molecule has 2 heterocycles. The second-order valence-corrected chi connectivity index (χ2v) is 8.09. The van der Waals surface area contributed by atoms with Crippen molar-refractivity contribution in [1.29, 1.82) is 0 Å². The molecule has 1 aliphatic heterocycles. The Morgan fingerprint density at radius 2 is 2.25 bits per heavy atom. The Kier molecular flexibility index (Phi) is 3.14. The summed E-state index contributed by atoms with van der Waals surface area (Å²) in [6.45, 7) is 0. The van der Waals surface area contributed by atoms with E-state index in [4.69, 9.17) is 5.73 Å². The second kappa shape index (κ2) is 4.71. The van der Waals surface area contributed by atoms with Gasteiger partial charge in [0.25, 0.3) is 0 Å². The number of hydrogen-bond donors (Lipinski definition) is 2. The third-order valence-corrected chi connectivity index (χ3v) is 5.95. The zero-order chi connectivity index (χ0) is 14.3. The third kappa shape index (κ3) is 2.61. The summed E-state index contributed by atoms with van der Waals surface area (Å²) in [4.78, 5) is 16.3. The maximum atomic E-state index is 12.0. The molecule has 1 aromatic heterocycles. The Hall–Kier alpha value is -1.67. The molecular formula is C12H13N3O3S2. The van der Waals surface area contributed by atoms with Crippen LogP contribution in [0.4, 0.5) is 10.8 Å². The second-order valence-electron chi connectivity index (χ2n) is 4.84. The molecule has 0 saturated carbocycles. The molecular weight excluding hydrogens is 298 g/mol. The standard InChI is InChI=1S/C12H13N3O3S2/c13-8-1-2-9-10(5-8)19-12(14-9)15-11(16)7-3-4-20(17,18)6-7/h1-2,5,7H,3-4,6,13H2,(H,14,15,16). The third-order valence-electron chi connectivity index (χ3n) is 3.25. The summed E-state index contributed by atoms with van der Waals surface area (Å²) in [6, 6.07) is 5.33. The van der Waals surface area contributed by atoms with Crippen molar-refractivity contribution in [3.63, 3.8) is 0 Å². The summed E-state index contributed by atoms with van der Waals surface area (Å²) in [5, 5.41) is 3.17. The van der Waals surface area contributed by atoms with Gasteiger partial charge in [-0.3, -0.25) is 4.79 Å². The number of nitrogens with two attached hydrogens (primary N) is 1. The van der Waals surface area contributed by atoms with E-state index in [1.807, 2.05) is 0 Å². The van der Waals surface area contributed by atoms with Crippen LogP contribution in [-0.4, -0.2) is 30.8 Å². The van der Waals surface area contributed by atoms with Crippen LogP contribution in [-0.2, 0) is 14.6 Å². The van der Waals surface area contributed by atoms with Gasteiger partial charge < -0.3 is 11.1 Å². The number of fused-ring (bicyclic) bond motifs is 1. The number of thiazole rings is 1. The first-order valence-corrected chi connectivity index (χ1v) is 8.74. The lowest BCUT2D eigenvalue weighted by molar-refractivity contribution is -0.119. The zero-order valence-corrected chi connectivity index (χ0v) is 12.1. The average molecular weight is 311 g/mol. The van der Waals surface area contributed by atoms with Crippen LogP contribution in [0.25, 0.3) is 10.2 Å². The van der Waals surface area contributed by atoms with E-state index in [9.17, 15) is 13.2 Å². The number of carbonyl (C=O) groups is 1. The number of carbonyl (C=O) groups excluding carboxylic acids is 1. The molecule has 1 atom stereocenters. The van der Waals surface area contributed by atoms with Crippen molar-refractivity contribution in [2.75, 3.05) is 22.6 Å². The number of nitrogens with one attached hydrogen (secondary N) is 1. The summed E-state index contributed by atoms with van der Waals surface area (Å²) < 4.78 is 23.6. The number of hydrogen-bond acceptors (Lipinski definition) is 6. The van der Waals surface area contributed by atoms with Gasteiger partial charge in [0.05, 0.1) is 27.6 Å². The van der Waals surface area contributed by atoms with Crippen molar-refractivity contribution >= 4 is 48.1 Å². The highest BCUT2D eigenvalue weighted by molar-refractivity contribution is 7.91. The lowest BCUT2D eigenvalue weighted by Crippen LogP contribution is -2.23. The van der Waals surface area contributed by atoms with Gasteiger partial charge in [-0.2, -0.15) is 0 Å². The number of amides is 1. The maximum absolute atomic E-state index is 12.0. The summed E-state index contributed by atoms with van der Waals surface area (Å²) in [5.41, 5.74) is 7.09. The molecule has 106 valence electrons. The zero-order valence-electron chi connectivity index (χ0n) is 10.5. The van der Waals surface area contributed by atoms with Gasteiger partial charge in [-0.15, -0.1) is 0 Å². The van der Waals surface area contributed by atoms with Crippen LogP contribution in [0.2, 0.25) is 0 Å². The molecule has 0 aliphatic carbocycles. The van der Waals surface area contributed by atoms with Crippen molar-refractivity contribution in [2.24, 2.45) is 5.92 Å². The maximum Gasteiger partial charge on any atom is 0.230 e. The predicted molar refractivity (Wildman–Crippen MR) is 79.4 cm³/mol. The van der Waals surface area contributed by atoms with Crippen molar-refractivity contribution in [3.05, 3.63) is 18.2 Å². The van der Waals surface area contributed by atoms with E-state index in [1.54, 1.807) is 18.2 Å². The number of rotatable bonds is 2. The number of anilines is 2. The SMILES string of the molecule is Nc1ccc2nc(NC(=O)C3CCS(=O)(=O)C3)sc2c1. The fourth-order valence-electron chi connectivity index (χ4n) is 2.20. The van der Waals surface area contributed by atoms with Gasteiger partial charge in [0.2, 0.25) is 5.91 Å². The van der Waals surface area contributed by atoms with Crippen LogP contribution in [0.5, 0.6) is 0 Å². The molecule has 6 nitrogen and oxygen atoms in total. The van der Waals surface area contributed by atoms with Crippen LogP contribution in [0.1, 0.15) is 6.42 Å². The van der Waals surface area contributed by atoms with Crippen LogP contribution < -0.4 is 11.1 Å². The Labute approximate surface area is 119 Å². The van der Waals surface area contributed by atoms with Crippen molar-refractivity contribution in [3.8, 4) is 0 Å². The van der Waals surface area contributed by atoms with Gasteiger partial charge in [-0.05, 0) is 24.6 Å². The molecule has 2 aromatic rings. The normalized spacial score (nSPS) is 21.1. The van der Waals surface area contributed by atoms with E-state index < -0.39 is 15.8 Å². The van der Waals surface area contributed by atoms with Crippen LogP contribution >= 0.6 is 11.3 Å². The van der Waals surface area contributed by atoms with Crippen LogP contribution in [0.3, 0.4) is 0 Å². The lowest BCUT2D eigenvalue weighted by Gasteiger charge is -2.05. The first-order chi connectivity index (χ1) is 9.43. The minimum atomic E-state index is -3.06. The van der Waals surface area contributed by atoms with Crippen LogP contribution in [0.15, 0.2) is 18.2 Å². The molecule has 1 aliphatic rings. The Morgan fingerprint density at radius 3 is 2.95 bits per heavy atom.